The summed E-state index contributed by atoms with van der Waals surface area (Å²) in [6.45, 7) is 0. The van der Waals surface area contributed by atoms with Crippen molar-refractivity contribution in [2.24, 2.45) is 5.73 Å². The van der Waals surface area contributed by atoms with Crippen molar-refractivity contribution in [2.45, 2.75) is 6.42 Å². The monoisotopic (exact) mass is 199 g/mol. The number of nitrogens with zero attached hydrogens (tertiary/aromatic N) is 2. The van der Waals surface area contributed by atoms with Crippen LogP contribution in [0.15, 0.2) is 41.7 Å². The lowest BCUT2D eigenvalue weighted by atomic mass is 10.2. The number of nitrogens with two attached hydrogens (primary N) is 1. The molecule has 15 heavy (non-hydrogen) atoms. The highest BCUT2D eigenvalue weighted by molar-refractivity contribution is 6.01. The summed E-state index contributed by atoms with van der Waals surface area (Å²) in [7, 11) is 0. The van der Waals surface area contributed by atoms with Gasteiger partial charge in [0.15, 0.2) is 0 Å². The van der Waals surface area contributed by atoms with E-state index < -0.39 is 0 Å². The molecule has 1 aromatic rings. The second-order valence-corrected chi connectivity index (χ2v) is 3.22. The largest absolute Gasteiger partial charge is 0.384 e. The van der Waals surface area contributed by atoms with Gasteiger partial charge in [0.1, 0.15) is 5.82 Å². The molecular weight excluding hydrogens is 190 g/mol. The number of rotatable bonds is 1. The van der Waals surface area contributed by atoms with Gasteiger partial charge in [-0.15, -0.1) is 0 Å². The highest BCUT2D eigenvalue weighted by Crippen LogP contribution is 2.26. The first-order valence-electron chi connectivity index (χ1n) is 4.51. The van der Waals surface area contributed by atoms with Crippen LogP contribution >= 0.6 is 0 Å². The van der Waals surface area contributed by atoms with Crippen molar-refractivity contribution in [3.8, 4) is 6.07 Å². The Kier molecular flexibility index (Phi) is 2.14. The molecule has 0 radical (unpaired) electrons. The smallest absolute Gasteiger partial charge is 0.237 e. The summed E-state index contributed by atoms with van der Waals surface area (Å²) < 4.78 is 0. The van der Waals surface area contributed by atoms with Gasteiger partial charge >= 0.3 is 0 Å². The van der Waals surface area contributed by atoms with Crippen LogP contribution in [0.25, 0.3) is 0 Å². The first-order valence-corrected chi connectivity index (χ1v) is 4.51. The maximum atomic E-state index is 11.6. The lowest BCUT2D eigenvalue weighted by Gasteiger charge is -2.16. The Labute approximate surface area is 87.2 Å². The summed E-state index contributed by atoms with van der Waals surface area (Å²) in [6.07, 6.45) is 0.0945. The van der Waals surface area contributed by atoms with Crippen molar-refractivity contribution in [1.82, 2.24) is 0 Å². The second-order valence-electron chi connectivity index (χ2n) is 3.22. The summed E-state index contributed by atoms with van der Waals surface area (Å²) in [5.74, 6) is 0.0870. The molecule has 0 unspecified atom stereocenters. The number of benzene rings is 1. The molecule has 0 bridgehead atoms. The molecule has 0 aromatic heterocycles. The lowest BCUT2D eigenvalue weighted by molar-refractivity contribution is -0.116. The molecule has 0 saturated heterocycles. The first-order chi connectivity index (χ1) is 7.24. The van der Waals surface area contributed by atoms with E-state index in [-0.39, 0.29) is 18.1 Å². The van der Waals surface area contributed by atoms with Gasteiger partial charge in [-0.1, -0.05) is 18.2 Å². The predicted molar refractivity (Wildman–Crippen MR) is 55.4 cm³/mol. The highest BCUT2D eigenvalue weighted by atomic mass is 16.2. The number of nitriles is 1. The maximum Gasteiger partial charge on any atom is 0.237 e. The van der Waals surface area contributed by atoms with Crippen LogP contribution in [0, 0.1) is 11.3 Å². The minimum atomic E-state index is -0.157. The third kappa shape index (κ3) is 1.44. The minimum absolute atomic E-state index is 0.0945. The fraction of sp³-hybridized carbons (Fsp3) is 0.0909. The van der Waals surface area contributed by atoms with Gasteiger partial charge in [-0.2, -0.15) is 5.26 Å². The van der Waals surface area contributed by atoms with Gasteiger partial charge < -0.3 is 5.73 Å². The normalized spacial score (nSPS) is 15.7. The summed E-state index contributed by atoms with van der Waals surface area (Å²) in [5, 5.41) is 8.75. The highest BCUT2D eigenvalue weighted by Gasteiger charge is 2.29. The minimum Gasteiger partial charge on any atom is -0.384 e. The molecule has 0 aliphatic carbocycles. The zero-order valence-corrected chi connectivity index (χ0v) is 7.97. The quantitative estimate of drug-likeness (QED) is 0.736. The van der Waals surface area contributed by atoms with Crippen LogP contribution in [0.2, 0.25) is 0 Å². The third-order valence-corrected chi connectivity index (χ3v) is 2.28. The van der Waals surface area contributed by atoms with E-state index in [2.05, 4.69) is 0 Å². The average Bonchev–Trinajstić information content (AvgIpc) is 2.55. The van der Waals surface area contributed by atoms with E-state index in [4.69, 9.17) is 11.0 Å². The van der Waals surface area contributed by atoms with Gasteiger partial charge in [-0.3, -0.25) is 9.69 Å². The Morgan fingerprint density at radius 2 is 2.00 bits per heavy atom. The first kappa shape index (κ1) is 9.28. The Morgan fingerprint density at radius 1 is 1.33 bits per heavy atom. The fourth-order valence-electron chi connectivity index (χ4n) is 1.55. The van der Waals surface area contributed by atoms with Gasteiger partial charge in [0.05, 0.1) is 23.8 Å². The van der Waals surface area contributed by atoms with E-state index in [0.717, 1.165) is 0 Å². The molecule has 4 heteroatoms. The van der Waals surface area contributed by atoms with Crippen LogP contribution in [0.4, 0.5) is 5.69 Å². The van der Waals surface area contributed by atoms with Crippen molar-refractivity contribution in [2.75, 3.05) is 4.90 Å². The Hall–Kier alpha value is -2.28. The zero-order valence-electron chi connectivity index (χ0n) is 7.97. The molecule has 74 valence electrons. The molecule has 1 amide bonds. The van der Waals surface area contributed by atoms with Crippen LogP contribution in [0.3, 0.4) is 0 Å². The number of para-hydroxylation sites is 1. The van der Waals surface area contributed by atoms with Gasteiger partial charge in [0.25, 0.3) is 0 Å². The Bertz CT molecular complexity index is 470. The van der Waals surface area contributed by atoms with Crippen molar-refractivity contribution in [1.29, 1.82) is 5.26 Å². The molecule has 2 rings (SSSR count). The summed E-state index contributed by atoms with van der Waals surface area (Å²) in [4.78, 5) is 13.0. The van der Waals surface area contributed by atoms with Gasteiger partial charge in [0.2, 0.25) is 5.91 Å². The zero-order chi connectivity index (χ0) is 10.8. The third-order valence-electron chi connectivity index (χ3n) is 2.28. The topological polar surface area (TPSA) is 70.1 Å². The van der Waals surface area contributed by atoms with Crippen molar-refractivity contribution in [3.63, 3.8) is 0 Å². The van der Waals surface area contributed by atoms with Gasteiger partial charge in [0, 0.05) is 0 Å². The van der Waals surface area contributed by atoms with E-state index in [9.17, 15) is 4.79 Å². The molecule has 1 heterocycles. The fourth-order valence-corrected chi connectivity index (χ4v) is 1.55. The van der Waals surface area contributed by atoms with E-state index in [1.165, 1.54) is 4.90 Å². The summed E-state index contributed by atoms with van der Waals surface area (Å²) in [6, 6.07) is 11.0. The predicted octanol–water partition coefficient (Wildman–Crippen LogP) is 1.12. The van der Waals surface area contributed by atoms with E-state index >= 15 is 0 Å². The van der Waals surface area contributed by atoms with Crippen LogP contribution in [0.5, 0.6) is 0 Å². The van der Waals surface area contributed by atoms with Crippen molar-refractivity contribution >= 4 is 11.6 Å². The number of anilines is 1. The molecule has 0 fully saturated rings. The number of hydrogen-bond acceptors (Lipinski definition) is 3. The molecule has 1 aliphatic heterocycles. The van der Waals surface area contributed by atoms with Crippen molar-refractivity contribution < 1.29 is 4.79 Å². The van der Waals surface area contributed by atoms with Crippen LogP contribution in [0.1, 0.15) is 6.42 Å². The maximum absolute atomic E-state index is 11.6. The summed E-state index contributed by atoms with van der Waals surface area (Å²) >= 11 is 0. The SMILES string of the molecule is N#CC1=C(N)N(c2ccccc2)C(=O)C1. The average molecular weight is 199 g/mol. The molecule has 0 spiro atoms. The van der Waals surface area contributed by atoms with Crippen LogP contribution < -0.4 is 10.6 Å². The van der Waals surface area contributed by atoms with Crippen LogP contribution in [-0.4, -0.2) is 5.91 Å². The van der Waals surface area contributed by atoms with E-state index in [0.29, 0.717) is 11.3 Å². The number of amides is 1. The van der Waals surface area contributed by atoms with Gasteiger partial charge in [-0.25, -0.2) is 0 Å². The molecule has 1 aromatic carbocycles. The standard InChI is InChI=1S/C11H9N3O/c12-7-8-6-10(15)14(11(8)13)9-4-2-1-3-5-9/h1-5H,6,13H2. The molecule has 4 nitrogen and oxygen atoms in total. The summed E-state index contributed by atoms with van der Waals surface area (Å²) in [5.41, 5.74) is 6.75. The number of hydrogen-bond donors (Lipinski definition) is 1. The Balaban J connectivity index is 2.44. The number of carbonyl (C=O) groups is 1. The van der Waals surface area contributed by atoms with Crippen molar-refractivity contribution in [3.05, 3.63) is 41.7 Å². The van der Waals surface area contributed by atoms with Crippen LogP contribution in [-0.2, 0) is 4.79 Å². The molecule has 0 saturated carbocycles. The number of carbonyl (C=O) groups excluding carboxylic acids is 1. The van der Waals surface area contributed by atoms with E-state index in [1.54, 1.807) is 12.1 Å². The van der Waals surface area contributed by atoms with E-state index in [1.807, 2.05) is 24.3 Å². The lowest BCUT2D eigenvalue weighted by Crippen LogP contribution is -2.28. The Morgan fingerprint density at radius 3 is 2.53 bits per heavy atom. The van der Waals surface area contributed by atoms with Gasteiger partial charge in [-0.05, 0) is 12.1 Å². The molecule has 2 N–H and O–H groups in total. The molecule has 1 aliphatic rings. The molecular formula is C11H9N3O. The molecule has 0 atom stereocenters. The second kappa shape index (κ2) is 3.46.